The van der Waals surface area contributed by atoms with Crippen molar-refractivity contribution in [3.8, 4) is 5.75 Å². The van der Waals surface area contributed by atoms with Gasteiger partial charge in [0.1, 0.15) is 10.9 Å². The van der Waals surface area contributed by atoms with Crippen molar-refractivity contribution in [1.82, 2.24) is 9.78 Å². The summed E-state index contributed by atoms with van der Waals surface area (Å²) in [7, 11) is 1.56. The average molecular weight is 420 g/mol. The lowest BCUT2D eigenvalue weighted by Crippen LogP contribution is -2.29. The average Bonchev–Trinajstić information content (AvgIpc) is 2.98. The van der Waals surface area contributed by atoms with Crippen LogP contribution in [-0.4, -0.2) is 34.9 Å². The number of esters is 1. The number of methoxy groups -OCH3 is 1. The number of unbranched alkanes of at least 4 members (excludes halogenated alkanes) is 1. The van der Waals surface area contributed by atoms with Crippen LogP contribution in [0.5, 0.6) is 5.75 Å². The number of aromatic nitrogens is 2. The van der Waals surface area contributed by atoms with Crippen LogP contribution in [-0.2, 0) is 20.9 Å². The highest BCUT2D eigenvalue weighted by molar-refractivity contribution is 6.31. The molecule has 1 atom stereocenters. The molecule has 0 aliphatic carbocycles. The van der Waals surface area contributed by atoms with Gasteiger partial charge in [0.2, 0.25) is 0 Å². The molecule has 0 saturated carbocycles. The van der Waals surface area contributed by atoms with E-state index >= 15 is 0 Å². The van der Waals surface area contributed by atoms with E-state index < -0.39 is 18.0 Å². The molecule has 0 unspecified atom stereocenters. The minimum Gasteiger partial charge on any atom is -0.497 e. The van der Waals surface area contributed by atoms with Gasteiger partial charge in [-0.1, -0.05) is 24.9 Å². The topological polar surface area (TPSA) is 82.5 Å². The first-order valence-corrected chi connectivity index (χ1v) is 9.80. The third-order valence-corrected chi connectivity index (χ3v) is 4.64. The van der Waals surface area contributed by atoms with Gasteiger partial charge in [-0.25, -0.2) is 4.79 Å². The number of nitrogens with zero attached hydrogens (tertiary/aromatic N) is 2. The van der Waals surface area contributed by atoms with Gasteiger partial charge in [-0.15, -0.1) is 0 Å². The van der Waals surface area contributed by atoms with Gasteiger partial charge in [-0.3, -0.25) is 9.48 Å². The Hall–Kier alpha value is -2.80. The largest absolute Gasteiger partial charge is 0.497 e. The second-order valence-electron chi connectivity index (χ2n) is 6.50. The van der Waals surface area contributed by atoms with Crippen LogP contribution in [0.15, 0.2) is 30.3 Å². The van der Waals surface area contributed by atoms with Gasteiger partial charge >= 0.3 is 5.97 Å². The molecule has 0 fully saturated rings. The molecule has 1 heterocycles. The van der Waals surface area contributed by atoms with Crippen molar-refractivity contribution in [3.63, 3.8) is 0 Å². The molecule has 1 N–H and O–H groups in total. The fourth-order valence-corrected chi connectivity index (χ4v) is 2.87. The molecule has 0 radical (unpaired) electrons. The Labute approximate surface area is 175 Å². The molecule has 1 aromatic heterocycles. The number of hydrogen-bond donors (Lipinski definition) is 1. The Kier molecular flexibility index (Phi) is 8.27. The lowest BCUT2D eigenvalue weighted by Gasteiger charge is -2.12. The second kappa shape index (κ2) is 10.7. The number of amides is 1. The van der Waals surface area contributed by atoms with Crippen LogP contribution >= 0.6 is 11.6 Å². The highest BCUT2D eigenvalue weighted by Crippen LogP contribution is 2.22. The van der Waals surface area contributed by atoms with E-state index in [9.17, 15) is 9.59 Å². The summed E-state index contributed by atoms with van der Waals surface area (Å²) in [5, 5.41) is 7.54. The number of benzene rings is 1. The molecule has 0 bridgehead atoms. The number of anilines is 1. The van der Waals surface area contributed by atoms with Crippen molar-refractivity contribution < 1.29 is 19.1 Å². The van der Waals surface area contributed by atoms with Crippen LogP contribution in [0, 0.1) is 6.92 Å². The summed E-state index contributed by atoms with van der Waals surface area (Å²) in [5.74, 6) is -0.391. The zero-order chi connectivity index (χ0) is 21.4. The second-order valence-corrected chi connectivity index (χ2v) is 6.85. The zero-order valence-electron chi connectivity index (χ0n) is 17.1. The number of carbonyl (C=O) groups excluding carboxylic acids is 2. The van der Waals surface area contributed by atoms with Gasteiger partial charge in [0.25, 0.3) is 5.91 Å². The number of ether oxygens (including phenoxy) is 2. The van der Waals surface area contributed by atoms with Crippen LogP contribution in [0.3, 0.4) is 0 Å². The first-order valence-electron chi connectivity index (χ1n) is 9.42. The summed E-state index contributed by atoms with van der Waals surface area (Å²) < 4.78 is 12.0. The lowest BCUT2D eigenvalue weighted by molar-refractivity contribution is -0.148. The molecule has 1 aromatic carbocycles. The number of carbonyl (C=O) groups is 2. The molecule has 2 rings (SSSR count). The minimum atomic E-state index is -0.960. The molecule has 29 heavy (non-hydrogen) atoms. The molecule has 1 amide bonds. The van der Waals surface area contributed by atoms with Crippen LogP contribution in [0.1, 0.15) is 37.9 Å². The summed E-state index contributed by atoms with van der Waals surface area (Å²) in [6.07, 6.45) is 3.84. The van der Waals surface area contributed by atoms with E-state index in [4.69, 9.17) is 21.1 Å². The highest BCUT2D eigenvalue weighted by Gasteiger charge is 2.17. The summed E-state index contributed by atoms with van der Waals surface area (Å²) in [6.45, 7) is 6.14. The Morgan fingerprint density at radius 3 is 2.62 bits per heavy atom. The van der Waals surface area contributed by atoms with E-state index in [1.165, 1.54) is 13.0 Å². The summed E-state index contributed by atoms with van der Waals surface area (Å²) in [4.78, 5) is 24.3. The van der Waals surface area contributed by atoms with Crippen molar-refractivity contribution >= 4 is 35.2 Å². The van der Waals surface area contributed by atoms with E-state index in [0.29, 0.717) is 22.2 Å². The standard InChI is InChI=1S/C21H26ClN3O4/c1-5-6-13-25-20(22)18(14(2)24-25)11-12-19(26)29-15(3)21(27)23-16-7-9-17(28-4)10-8-16/h7-12,15H,5-6,13H2,1-4H3,(H,23,27)/b12-11+/t15-/m1/s1. The van der Waals surface area contributed by atoms with E-state index in [1.54, 1.807) is 42.1 Å². The molecule has 0 saturated heterocycles. The van der Waals surface area contributed by atoms with Crippen LogP contribution in [0.25, 0.3) is 6.08 Å². The third kappa shape index (κ3) is 6.35. The van der Waals surface area contributed by atoms with Gasteiger partial charge < -0.3 is 14.8 Å². The van der Waals surface area contributed by atoms with E-state index in [0.717, 1.165) is 25.1 Å². The molecular formula is C21H26ClN3O4. The van der Waals surface area contributed by atoms with Crippen molar-refractivity contribution in [2.45, 2.75) is 46.3 Å². The number of rotatable bonds is 9. The summed E-state index contributed by atoms with van der Waals surface area (Å²) in [5.41, 5.74) is 1.96. The fraction of sp³-hybridized carbons (Fsp3) is 0.381. The lowest BCUT2D eigenvalue weighted by atomic mass is 10.2. The summed E-state index contributed by atoms with van der Waals surface area (Å²) in [6, 6.07) is 6.85. The Morgan fingerprint density at radius 2 is 2.00 bits per heavy atom. The van der Waals surface area contributed by atoms with E-state index in [-0.39, 0.29) is 0 Å². The van der Waals surface area contributed by atoms with Crippen molar-refractivity contribution in [1.29, 1.82) is 0 Å². The molecule has 0 aliphatic heterocycles. The predicted molar refractivity (Wildman–Crippen MR) is 113 cm³/mol. The first kappa shape index (κ1) is 22.5. The number of aryl methyl sites for hydroxylation is 2. The maximum Gasteiger partial charge on any atom is 0.331 e. The summed E-state index contributed by atoms with van der Waals surface area (Å²) >= 11 is 6.34. The normalized spacial score (nSPS) is 12.0. The molecular weight excluding hydrogens is 394 g/mol. The Balaban J connectivity index is 1.93. The molecule has 0 spiro atoms. The zero-order valence-corrected chi connectivity index (χ0v) is 17.8. The van der Waals surface area contributed by atoms with Crippen molar-refractivity contribution in [3.05, 3.63) is 46.8 Å². The van der Waals surface area contributed by atoms with Gasteiger partial charge in [-0.05, 0) is 50.6 Å². The van der Waals surface area contributed by atoms with Gasteiger partial charge in [0.05, 0.1) is 12.8 Å². The number of hydrogen-bond acceptors (Lipinski definition) is 5. The van der Waals surface area contributed by atoms with Gasteiger partial charge in [0, 0.05) is 23.9 Å². The van der Waals surface area contributed by atoms with E-state index in [2.05, 4.69) is 17.3 Å². The molecule has 0 aliphatic rings. The first-order chi connectivity index (χ1) is 13.8. The predicted octanol–water partition coefficient (Wildman–Crippen LogP) is 4.24. The SMILES string of the molecule is CCCCn1nc(C)c(/C=C/C(=O)O[C@H](C)C(=O)Nc2ccc(OC)cc2)c1Cl. The van der Waals surface area contributed by atoms with E-state index in [1.807, 2.05) is 6.92 Å². The van der Waals surface area contributed by atoms with Crippen LogP contribution in [0.4, 0.5) is 5.69 Å². The smallest absolute Gasteiger partial charge is 0.331 e. The quantitative estimate of drug-likeness (QED) is 0.485. The number of nitrogens with one attached hydrogen (secondary N) is 1. The van der Waals surface area contributed by atoms with Gasteiger partial charge in [0.15, 0.2) is 6.10 Å². The fourth-order valence-electron chi connectivity index (χ4n) is 2.55. The highest BCUT2D eigenvalue weighted by atomic mass is 35.5. The van der Waals surface area contributed by atoms with Crippen LogP contribution < -0.4 is 10.1 Å². The maximum absolute atomic E-state index is 12.2. The minimum absolute atomic E-state index is 0.432. The van der Waals surface area contributed by atoms with Crippen molar-refractivity contribution in [2.75, 3.05) is 12.4 Å². The van der Waals surface area contributed by atoms with Crippen molar-refractivity contribution in [2.24, 2.45) is 0 Å². The molecule has 2 aromatic rings. The Bertz CT molecular complexity index is 875. The monoisotopic (exact) mass is 419 g/mol. The number of halogens is 1. The van der Waals surface area contributed by atoms with Gasteiger partial charge in [-0.2, -0.15) is 5.10 Å². The molecule has 7 nitrogen and oxygen atoms in total. The maximum atomic E-state index is 12.2. The molecule has 156 valence electrons. The van der Waals surface area contributed by atoms with Crippen LogP contribution in [0.2, 0.25) is 5.15 Å². The molecule has 8 heteroatoms. The Morgan fingerprint density at radius 1 is 1.31 bits per heavy atom. The third-order valence-electron chi connectivity index (χ3n) is 4.24.